The molecule has 0 radical (unpaired) electrons. The summed E-state index contributed by atoms with van der Waals surface area (Å²) in [6.45, 7) is 3.38. The van der Waals surface area contributed by atoms with Crippen molar-refractivity contribution in [1.29, 1.82) is 0 Å². The van der Waals surface area contributed by atoms with Crippen molar-refractivity contribution >= 4 is 5.91 Å². The van der Waals surface area contributed by atoms with Crippen molar-refractivity contribution in [2.45, 2.75) is 32.6 Å². The van der Waals surface area contributed by atoms with Crippen molar-refractivity contribution in [2.75, 3.05) is 13.2 Å². The Morgan fingerprint density at radius 3 is 2.58 bits per heavy atom. The van der Waals surface area contributed by atoms with Gasteiger partial charge in [-0.15, -0.1) is 0 Å². The third-order valence-corrected chi connectivity index (χ3v) is 3.80. The van der Waals surface area contributed by atoms with E-state index in [4.69, 9.17) is 4.74 Å². The summed E-state index contributed by atoms with van der Waals surface area (Å²) in [5.74, 6) is 2.05. The Balaban J connectivity index is 1.61. The van der Waals surface area contributed by atoms with Gasteiger partial charge in [0.25, 0.3) is 0 Å². The van der Waals surface area contributed by atoms with Gasteiger partial charge < -0.3 is 10.1 Å². The monoisotopic (exact) mass is 261 g/mol. The molecule has 1 aliphatic rings. The van der Waals surface area contributed by atoms with E-state index in [0.717, 1.165) is 24.5 Å². The average molecular weight is 261 g/mol. The summed E-state index contributed by atoms with van der Waals surface area (Å²) in [5, 5.41) is 2.97. The first kappa shape index (κ1) is 13.9. The first-order valence-corrected chi connectivity index (χ1v) is 7.21. The second-order valence-electron chi connectivity index (χ2n) is 5.41. The zero-order chi connectivity index (χ0) is 13.5. The highest BCUT2D eigenvalue weighted by molar-refractivity contribution is 5.78. The third-order valence-electron chi connectivity index (χ3n) is 3.80. The van der Waals surface area contributed by atoms with Crippen molar-refractivity contribution in [2.24, 2.45) is 11.8 Å². The van der Waals surface area contributed by atoms with Crippen LogP contribution in [0.4, 0.5) is 0 Å². The van der Waals surface area contributed by atoms with Crippen LogP contribution in [0.15, 0.2) is 30.3 Å². The van der Waals surface area contributed by atoms with Crippen molar-refractivity contribution in [1.82, 2.24) is 5.32 Å². The zero-order valence-electron chi connectivity index (χ0n) is 11.6. The lowest BCUT2D eigenvalue weighted by Crippen LogP contribution is -2.35. The molecule has 1 aromatic rings. The van der Waals surface area contributed by atoms with Gasteiger partial charge in [-0.2, -0.15) is 0 Å². The molecule has 0 saturated heterocycles. The Kier molecular flexibility index (Phi) is 5.25. The van der Waals surface area contributed by atoms with Gasteiger partial charge in [-0.05, 0) is 43.7 Å². The van der Waals surface area contributed by atoms with E-state index in [0.29, 0.717) is 13.2 Å². The molecule has 19 heavy (non-hydrogen) atoms. The summed E-state index contributed by atoms with van der Waals surface area (Å²) in [6.07, 6.45) is 4.43. The van der Waals surface area contributed by atoms with Crippen LogP contribution in [0, 0.1) is 11.8 Å². The fraction of sp³-hybridized carbons (Fsp3) is 0.562. The quantitative estimate of drug-likeness (QED) is 0.827. The molecule has 0 spiro atoms. The number of carbonyl (C=O) groups is 1. The molecule has 0 atom stereocenters. The predicted molar refractivity (Wildman–Crippen MR) is 76.1 cm³/mol. The average Bonchev–Trinajstić information content (AvgIpc) is 2.45. The Labute approximate surface area is 115 Å². The second-order valence-corrected chi connectivity index (χ2v) is 5.41. The molecule has 1 fully saturated rings. The minimum Gasteiger partial charge on any atom is -0.492 e. The zero-order valence-corrected chi connectivity index (χ0v) is 11.6. The van der Waals surface area contributed by atoms with Gasteiger partial charge in [0, 0.05) is 5.92 Å². The minimum atomic E-state index is 0.198. The van der Waals surface area contributed by atoms with Crippen molar-refractivity contribution in [3.63, 3.8) is 0 Å². The summed E-state index contributed by atoms with van der Waals surface area (Å²) in [6, 6.07) is 9.68. The molecule has 1 N–H and O–H groups in total. The van der Waals surface area contributed by atoms with Crippen LogP contribution < -0.4 is 10.1 Å². The summed E-state index contributed by atoms with van der Waals surface area (Å²) >= 11 is 0. The molecular formula is C16H23NO2. The predicted octanol–water partition coefficient (Wildman–Crippen LogP) is 3.01. The number of nitrogens with one attached hydrogen (secondary N) is 1. The molecule has 0 heterocycles. The van der Waals surface area contributed by atoms with E-state index in [1.807, 2.05) is 30.3 Å². The molecule has 3 nitrogen and oxygen atoms in total. The van der Waals surface area contributed by atoms with E-state index in [1.165, 1.54) is 12.8 Å². The van der Waals surface area contributed by atoms with Gasteiger partial charge in [-0.3, -0.25) is 4.79 Å². The summed E-state index contributed by atoms with van der Waals surface area (Å²) in [7, 11) is 0. The molecule has 1 amide bonds. The number of amides is 1. The fourth-order valence-electron chi connectivity index (χ4n) is 2.53. The van der Waals surface area contributed by atoms with E-state index in [-0.39, 0.29) is 11.8 Å². The fourth-order valence-corrected chi connectivity index (χ4v) is 2.53. The van der Waals surface area contributed by atoms with Crippen LogP contribution in [0.3, 0.4) is 0 Å². The van der Waals surface area contributed by atoms with Gasteiger partial charge in [0.15, 0.2) is 0 Å². The summed E-state index contributed by atoms with van der Waals surface area (Å²) < 4.78 is 5.55. The molecule has 0 unspecified atom stereocenters. The normalized spacial score (nSPS) is 22.8. The van der Waals surface area contributed by atoms with E-state index >= 15 is 0 Å². The van der Waals surface area contributed by atoms with E-state index in [1.54, 1.807) is 0 Å². The molecule has 0 aromatic heterocycles. The van der Waals surface area contributed by atoms with Gasteiger partial charge in [0.1, 0.15) is 12.4 Å². The Bertz CT molecular complexity index is 383. The van der Waals surface area contributed by atoms with Crippen LogP contribution in [-0.2, 0) is 4.79 Å². The van der Waals surface area contributed by atoms with Gasteiger partial charge in [-0.1, -0.05) is 25.1 Å². The second kappa shape index (κ2) is 7.17. The first-order valence-electron chi connectivity index (χ1n) is 7.21. The standard InChI is InChI=1S/C16H23NO2/c1-13-7-9-14(10-8-13)16(18)17-11-12-19-15-5-3-2-4-6-15/h2-6,13-14H,7-12H2,1H3,(H,17,18)/t13-,14-. The molecular weight excluding hydrogens is 238 g/mol. The number of carbonyl (C=O) groups excluding carboxylic acids is 1. The van der Waals surface area contributed by atoms with Gasteiger partial charge >= 0.3 is 0 Å². The van der Waals surface area contributed by atoms with Gasteiger partial charge in [0.05, 0.1) is 6.54 Å². The van der Waals surface area contributed by atoms with Gasteiger partial charge in [-0.25, -0.2) is 0 Å². The van der Waals surface area contributed by atoms with Gasteiger partial charge in [0.2, 0.25) is 5.91 Å². The summed E-state index contributed by atoms with van der Waals surface area (Å²) in [5.41, 5.74) is 0. The Morgan fingerprint density at radius 1 is 1.21 bits per heavy atom. The van der Waals surface area contributed by atoms with Crippen molar-refractivity contribution < 1.29 is 9.53 Å². The highest BCUT2D eigenvalue weighted by atomic mass is 16.5. The molecule has 104 valence electrons. The van der Waals surface area contributed by atoms with E-state index < -0.39 is 0 Å². The van der Waals surface area contributed by atoms with Crippen LogP contribution >= 0.6 is 0 Å². The SMILES string of the molecule is C[C@H]1CC[C@H](C(=O)NCCOc2ccccc2)CC1. The van der Waals surface area contributed by atoms with Crippen LogP contribution in [0.5, 0.6) is 5.75 Å². The lowest BCUT2D eigenvalue weighted by molar-refractivity contribution is -0.126. The topological polar surface area (TPSA) is 38.3 Å². The van der Waals surface area contributed by atoms with Crippen molar-refractivity contribution in [3.05, 3.63) is 30.3 Å². The largest absolute Gasteiger partial charge is 0.492 e. The number of hydrogen-bond donors (Lipinski definition) is 1. The third kappa shape index (κ3) is 4.58. The maximum absolute atomic E-state index is 11.9. The van der Waals surface area contributed by atoms with Crippen LogP contribution in [0.2, 0.25) is 0 Å². The van der Waals surface area contributed by atoms with Crippen molar-refractivity contribution in [3.8, 4) is 5.75 Å². The molecule has 1 saturated carbocycles. The van der Waals surface area contributed by atoms with Crippen LogP contribution in [0.1, 0.15) is 32.6 Å². The number of benzene rings is 1. The molecule has 2 rings (SSSR count). The molecule has 1 aromatic carbocycles. The molecule has 1 aliphatic carbocycles. The van der Waals surface area contributed by atoms with E-state index in [2.05, 4.69) is 12.2 Å². The number of rotatable bonds is 5. The summed E-state index contributed by atoms with van der Waals surface area (Å²) in [4.78, 5) is 11.9. The highest BCUT2D eigenvalue weighted by Gasteiger charge is 2.23. The maximum Gasteiger partial charge on any atom is 0.223 e. The Morgan fingerprint density at radius 2 is 1.89 bits per heavy atom. The van der Waals surface area contributed by atoms with Crippen LogP contribution in [0.25, 0.3) is 0 Å². The molecule has 0 aliphatic heterocycles. The number of ether oxygens (including phenoxy) is 1. The molecule has 3 heteroatoms. The maximum atomic E-state index is 11.9. The molecule has 0 bridgehead atoms. The van der Waals surface area contributed by atoms with Crippen LogP contribution in [-0.4, -0.2) is 19.1 Å². The minimum absolute atomic E-state index is 0.198. The number of para-hydroxylation sites is 1. The smallest absolute Gasteiger partial charge is 0.223 e. The lowest BCUT2D eigenvalue weighted by Gasteiger charge is -2.25. The lowest BCUT2D eigenvalue weighted by atomic mass is 9.82. The first-order chi connectivity index (χ1) is 9.25. The number of hydrogen-bond acceptors (Lipinski definition) is 2. The highest BCUT2D eigenvalue weighted by Crippen LogP contribution is 2.28. The Hall–Kier alpha value is -1.51. The van der Waals surface area contributed by atoms with E-state index in [9.17, 15) is 4.79 Å².